The summed E-state index contributed by atoms with van der Waals surface area (Å²) in [6.07, 6.45) is 1.90. The fourth-order valence-electron chi connectivity index (χ4n) is 1.15. The number of hydrogen-bond acceptors (Lipinski definition) is 2. The summed E-state index contributed by atoms with van der Waals surface area (Å²) in [5.41, 5.74) is 2.31. The van der Waals surface area contributed by atoms with Gasteiger partial charge in [-0.2, -0.15) is 0 Å². The van der Waals surface area contributed by atoms with E-state index < -0.39 is 0 Å². The van der Waals surface area contributed by atoms with Crippen molar-refractivity contribution in [1.82, 2.24) is 4.98 Å². The quantitative estimate of drug-likeness (QED) is 0.708. The molecule has 1 heterocycles. The first-order valence-corrected chi connectivity index (χ1v) is 4.74. The van der Waals surface area contributed by atoms with Crippen LogP contribution >= 0.6 is 0 Å². The standard InChI is InChI=1S/C11H17NO/c1-4-13-8-10(3)11-6-5-9(2)7-12-11/h5-7,10H,4,8H2,1-3H3. The van der Waals surface area contributed by atoms with Crippen molar-refractivity contribution in [2.24, 2.45) is 0 Å². The highest BCUT2D eigenvalue weighted by Crippen LogP contribution is 2.12. The average Bonchev–Trinajstić information content (AvgIpc) is 2.15. The molecule has 1 unspecified atom stereocenters. The topological polar surface area (TPSA) is 22.1 Å². The van der Waals surface area contributed by atoms with Crippen LogP contribution in [0.1, 0.15) is 31.0 Å². The van der Waals surface area contributed by atoms with Gasteiger partial charge in [0, 0.05) is 24.4 Å². The molecule has 0 aliphatic carbocycles. The molecule has 0 saturated heterocycles. The average molecular weight is 179 g/mol. The van der Waals surface area contributed by atoms with Crippen LogP contribution in [0, 0.1) is 6.92 Å². The molecule has 0 amide bonds. The summed E-state index contributed by atoms with van der Waals surface area (Å²) in [6, 6.07) is 4.16. The van der Waals surface area contributed by atoms with E-state index in [0.717, 1.165) is 18.9 Å². The zero-order chi connectivity index (χ0) is 9.68. The number of aryl methyl sites for hydroxylation is 1. The molecule has 0 aromatic carbocycles. The molecule has 0 N–H and O–H groups in total. The molecule has 1 aromatic rings. The molecular formula is C11H17NO. The second-order valence-corrected chi connectivity index (χ2v) is 3.32. The van der Waals surface area contributed by atoms with E-state index in [-0.39, 0.29) is 0 Å². The zero-order valence-corrected chi connectivity index (χ0v) is 8.58. The summed E-state index contributed by atoms with van der Waals surface area (Å²) >= 11 is 0. The van der Waals surface area contributed by atoms with Gasteiger partial charge in [0.05, 0.1) is 6.61 Å². The highest BCUT2D eigenvalue weighted by molar-refractivity contribution is 5.14. The molecule has 0 saturated carbocycles. The number of aromatic nitrogens is 1. The van der Waals surface area contributed by atoms with Gasteiger partial charge in [0.25, 0.3) is 0 Å². The van der Waals surface area contributed by atoms with E-state index in [4.69, 9.17) is 4.74 Å². The Labute approximate surface area is 80.0 Å². The summed E-state index contributed by atoms with van der Waals surface area (Å²) in [7, 11) is 0. The van der Waals surface area contributed by atoms with Gasteiger partial charge in [-0.1, -0.05) is 13.0 Å². The highest BCUT2D eigenvalue weighted by Gasteiger charge is 2.05. The van der Waals surface area contributed by atoms with E-state index in [1.165, 1.54) is 5.56 Å². The molecule has 0 aliphatic heterocycles. The van der Waals surface area contributed by atoms with Crippen LogP contribution in [0.3, 0.4) is 0 Å². The fourth-order valence-corrected chi connectivity index (χ4v) is 1.15. The first kappa shape index (κ1) is 10.2. The molecule has 0 fully saturated rings. The van der Waals surface area contributed by atoms with Gasteiger partial charge >= 0.3 is 0 Å². The molecule has 0 aliphatic rings. The van der Waals surface area contributed by atoms with Gasteiger partial charge in [0.1, 0.15) is 0 Å². The van der Waals surface area contributed by atoms with Gasteiger partial charge in [0.15, 0.2) is 0 Å². The molecule has 72 valence electrons. The largest absolute Gasteiger partial charge is 0.381 e. The summed E-state index contributed by atoms with van der Waals surface area (Å²) in [5.74, 6) is 0.389. The minimum atomic E-state index is 0.389. The summed E-state index contributed by atoms with van der Waals surface area (Å²) in [6.45, 7) is 7.72. The summed E-state index contributed by atoms with van der Waals surface area (Å²) in [5, 5.41) is 0. The Morgan fingerprint density at radius 3 is 2.77 bits per heavy atom. The van der Waals surface area contributed by atoms with Crippen LogP contribution in [0.5, 0.6) is 0 Å². The van der Waals surface area contributed by atoms with Crippen molar-refractivity contribution in [3.63, 3.8) is 0 Å². The Balaban J connectivity index is 2.55. The van der Waals surface area contributed by atoms with Crippen LogP contribution in [-0.2, 0) is 4.74 Å². The summed E-state index contributed by atoms with van der Waals surface area (Å²) < 4.78 is 5.34. The van der Waals surface area contributed by atoms with E-state index in [1.807, 2.05) is 20.0 Å². The molecule has 1 atom stereocenters. The van der Waals surface area contributed by atoms with Crippen LogP contribution in [0.25, 0.3) is 0 Å². The van der Waals surface area contributed by atoms with Crippen LogP contribution < -0.4 is 0 Å². The van der Waals surface area contributed by atoms with Crippen LogP contribution in [-0.4, -0.2) is 18.2 Å². The normalized spacial score (nSPS) is 12.8. The van der Waals surface area contributed by atoms with Gasteiger partial charge in [0.2, 0.25) is 0 Å². The van der Waals surface area contributed by atoms with Crippen molar-refractivity contribution in [3.8, 4) is 0 Å². The van der Waals surface area contributed by atoms with E-state index in [0.29, 0.717) is 5.92 Å². The van der Waals surface area contributed by atoms with Crippen molar-refractivity contribution >= 4 is 0 Å². The lowest BCUT2D eigenvalue weighted by Crippen LogP contribution is -2.05. The molecule has 0 bridgehead atoms. The molecular weight excluding hydrogens is 162 g/mol. The molecule has 13 heavy (non-hydrogen) atoms. The number of pyridine rings is 1. The summed E-state index contributed by atoms with van der Waals surface area (Å²) in [4.78, 5) is 4.35. The first-order valence-electron chi connectivity index (χ1n) is 4.74. The monoisotopic (exact) mass is 179 g/mol. The highest BCUT2D eigenvalue weighted by atomic mass is 16.5. The maximum atomic E-state index is 5.34. The number of ether oxygens (including phenoxy) is 1. The van der Waals surface area contributed by atoms with Gasteiger partial charge < -0.3 is 4.74 Å². The van der Waals surface area contributed by atoms with Crippen LogP contribution in [0.2, 0.25) is 0 Å². The van der Waals surface area contributed by atoms with Crippen molar-refractivity contribution in [3.05, 3.63) is 29.6 Å². The van der Waals surface area contributed by atoms with Crippen molar-refractivity contribution in [1.29, 1.82) is 0 Å². The minimum absolute atomic E-state index is 0.389. The Hall–Kier alpha value is -0.890. The minimum Gasteiger partial charge on any atom is -0.381 e. The lowest BCUT2D eigenvalue weighted by Gasteiger charge is -2.10. The Morgan fingerprint density at radius 1 is 1.46 bits per heavy atom. The second kappa shape index (κ2) is 4.97. The molecule has 2 nitrogen and oxygen atoms in total. The molecule has 0 spiro atoms. The maximum absolute atomic E-state index is 5.34. The van der Waals surface area contributed by atoms with Crippen molar-refractivity contribution < 1.29 is 4.74 Å². The fraction of sp³-hybridized carbons (Fsp3) is 0.545. The first-order chi connectivity index (χ1) is 6.24. The third-order valence-corrected chi connectivity index (χ3v) is 2.01. The van der Waals surface area contributed by atoms with E-state index in [9.17, 15) is 0 Å². The van der Waals surface area contributed by atoms with Gasteiger partial charge in [-0.15, -0.1) is 0 Å². The van der Waals surface area contributed by atoms with Gasteiger partial charge in [-0.05, 0) is 25.5 Å². The number of rotatable bonds is 4. The lowest BCUT2D eigenvalue weighted by molar-refractivity contribution is 0.135. The smallest absolute Gasteiger partial charge is 0.0547 e. The van der Waals surface area contributed by atoms with Gasteiger partial charge in [-0.3, -0.25) is 4.98 Å². The molecule has 0 radical (unpaired) electrons. The molecule has 2 heteroatoms. The number of nitrogens with zero attached hydrogens (tertiary/aromatic N) is 1. The van der Waals surface area contributed by atoms with Crippen molar-refractivity contribution in [2.45, 2.75) is 26.7 Å². The second-order valence-electron chi connectivity index (χ2n) is 3.32. The SMILES string of the molecule is CCOCC(C)c1ccc(C)cn1. The van der Waals surface area contributed by atoms with E-state index in [1.54, 1.807) is 0 Å². The molecule has 1 aromatic heterocycles. The zero-order valence-electron chi connectivity index (χ0n) is 8.58. The predicted molar refractivity (Wildman–Crippen MR) is 53.9 cm³/mol. The van der Waals surface area contributed by atoms with Crippen LogP contribution in [0.15, 0.2) is 18.3 Å². The molecule has 1 rings (SSSR count). The van der Waals surface area contributed by atoms with E-state index in [2.05, 4.69) is 24.0 Å². The Morgan fingerprint density at radius 2 is 2.23 bits per heavy atom. The number of hydrogen-bond donors (Lipinski definition) is 0. The third-order valence-electron chi connectivity index (χ3n) is 2.01. The Kier molecular flexibility index (Phi) is 3.90. The van der Waals surface area contributed by atoms with Gasteiger partial charge in [-0.25, -0.2) is 0 Å². The van der Waals surface area contributed by atoms with Crippen molar-refractivity contribution in [2.75, 3.05) is 13.2 Å². The third kappa shape index (κ3) is 3.15. The van der Waals surface area contributed by atoms with E-state index >= 15 is 0 Å². The van der Waals surface area contributed by atoms with Crippen LogP contribution in [0.4, 0.5) is 0 Å². The predicted octanol–water partition coefficient (Wildman–Crippen LogP) is 2.53. The Bertz CT molecular complexity index is 243. The maximum Gasteiger partial charge on any atom is 0.0547 e. The lowest BCUT2D eigenvalue weighted by atomic mass is 10.1.